The molecule has 0 fully saturated rings. The summed E-state index contributed by atoms with van der Waals surface area (Å²) in [5, 5.41) is 5.25. The zero-order valence-corrected chi connectivity index (χ0v) is 12.4. The Balaban J connectivity index is 2.13. The van der Waals surface area contributed by atoms with Gasteiger partial charge in [-0.15, -0.1) is 0 Å². The van der Waals surface area contributed by atoms with Gasteiger partial charge in [0.05, 0.1) is 5.69 Å². The van der Waals surface area contributed by atoms with Crippen LogP contribution in [-0.2, 0) is 6.42 Å². The van der Waals surface area contributed by atoms with Crippen LogP contribution in [0, 0.1) is 6.92 Å². The van der Waals surface area contributed by atoms with Gasteiger partial charge in [0.15, 0.2) is 0 Å². The molecule has 2 rings (SSSR count). The summed E-state index contributed by atoms with van der Waals surface area (Å²) in [5.41, 5.74) is 9.35. The SMILES string of the molecule is Cc1ccc(C(N)Cc2ccn(C(C)C)n2)c(Cl)c1. The summed E-state index contributed by atoms with van der Waals surface area (Å²) in [6, 6.07) is 8.25. The Morgan fingerprint density at radius 1 is 1.32 bits per heavy atom. The molecule has 0 saturated carbocycles. The number of rotatable bonds is 4. The lowest BCUT2D eigenvalue weighted by atomic mass is 10.0. The number of benzene rings is 1. The highest BCUT2D eigenvalue weighted by atomic mass is 35.5. The fraction of sp³-hybridized carbons (Fsp3) is 0.400. The fourth-order valence-electron chi connectivity index (χ4n) is 2.04. The van der Waals surface area contributed by atoms with Gasteiger partial charge in [-0.3, -0.25) is 4.68 Å². The van der Waals surface area contributed by atoms with Crippen molar-refractivity contribution in [3.8, 4) is 0 Å². The van der Waals surface area contributed by atoms with Crippen LogP contribution in [-0.4, -0.2) is 9.78 Å². The van der Waals surface area contributed by atoms with E-state index in [4.69, 9.17) is 17.3 Å². The zero-order chi connectivity index (χ0) is 14.0. The first kappa shape index (κ1) is 14.1. The summed E-state index contributed by atoms with van der Waals surface area (Å²) < 4.78 is 1.94. The molecule has 0 aliphatic rings. The Labute approximate surface area is 119 Å². The molecule has 1 atom stereocenters. The van der Waals surface area contributed by atoms with Crippen molar-refractivity contribution in [3.63, 3.8) is 0 Å². The Bertz CT molecular complexity index is 560. The van der Waals surface area contributed by atoms with Crippen molar-refractivity contribution >= 4 is 11.6 Å². The molecule has 0 aliphatic heterocycles. The molecule has 1 aromatic heterocycles. The highest BCUT2D eigenvalue weighted by Gasteiger charge is 2.13. The van der Waals surface area contributed by atoms with E-state index in [1.165, 1.54) is 0 Å². The van der Waals surface area contributed by atoms with E-state index >= 15 is 0 Å². The minimum Gasteiger partial charge on any atom is -0.324 e. The van der Waals surface area contributed by atoms with Gasteiger partial charge in [-0.2, -0.15) is 5.10 Å². The van der Waals surface area contributed by atoms with Crippen LogP contribution in [0.5, 0.6) is 0 Å². The van der Waals surface area contributed by atoms with E-state index in [2.05, 4.69) is 18.9 Å². The number of aryl methyl sites for hydroxylation is 1. The topological polar surface area (TPSA) is 43.8 Å². The Morgan fingerprint density at radius 2 is 2.05 bits per heavy atom. The second-order valence-corrected chi connectivity index (χ2v) is 5.62. The number of hydrogen-bond acceptors (Lipinski definition) is 2. The van der Waals surface area contributed by atoms with Crippen LogP contribution in [0.3, 0.4) is 0 Å². The molecule has 1 unspecified atom stereocenters. The smallest absolute Gasteiger partial charge is 0.0643 e. The average molecular weight is 278 g/mol. The van der Waals surface area contributed by atoms with Crippen LogP contribution < -0.4 is 5.73 Å². The second kappa shape index (κ2) is 5.76. The number of nitrogens with two attached hydrogens (primary N) is 1. The average Bonchev–Trinajstić information content (AvgIpc) is 2.77. The van der Waals surface area contributed by atoms with Crippen molar-refractivity contribution in [1.29, 1.82) is 0 Å². The number of nitrogens with zero attached hydrogens (tertiary/aromatic N) is 2. The predicted octanol–water partition coefficient (Wildman–Crippen LogP) is 3.67. The van der Waals surface area contributed by atoms with E-state index < -0.39 is 0 Å². The molecule has 0 radical (unpaired) electrons. The third-order valence-electron chi connectivity index (χ3n) is 3.18. The van der Waals surface area contributed by atoms with Crippen LogP contribution in [0.2, 0.25) is 5.02 Å². The Kier molecular flexibility index (Phi) is 4.27. The molecule has 0 amide bonds. The highest BCUT2D eigenvalue weighted by molar-refractivity contribution is 6.31. The van der Waals surface area contributed by atoms with Gasteiger partial charge >= 0.3 is 0 Å². The summed E-state index contributed by atoms with van der Waals surface area (Å²) in [5.74, 6) is 0. The zero-order valence-electron chi connectivity index (χ0n) is 11.6. The predicted molar refractivity (Wildman–Crippen MR) is 79.4 cm³/mol. The van der Waals surface area contributed by atoms with Crippen molar-refractivity contribution in [2.24, 2.45) is 5.73 Å². The first-order valence-corrected chi connectivity index (χ1v) is 6.91. The van der Waals surface area contributed by atoms with E-state index in [9.17, 15) is 0 Å². The van der Waals surface area contributed by atoms with E-state index in [-0.39, 0.29) is 6.04 Å². The normalized spacial score (nSPS) is 12.9. The fourth-order valence-corrected chi connectivity index (χ4v) is 2.42. The molecule has 0 bridgehead atoms. The van der Waals surface area contributed by atoms with Gasteiger partial charge in [-0.1, -0.05) is 23.7 Å². The summed E-state index contributed by atoms with van der Waals surface area (Å²) in [6.45, 7) is 6.23. The van der Waals surface area contributed by atoms with Crippen LogP contribution >= 0.6 is 11.6 Å². The molecule has 1 aromatic carbocycles. The van der Waals surface area contributed by atoms with Crippen LogP contribution in [0.15, 0.2) is 30.5 Å². The molecule has 19 heavy (non-hydrogen) atoms. The van der Waals surface area contributed by atoms with Crippen LogP contribution in [0.4, 0.5) is 0 Å². The van der Waals surface area contributed by atoms with Crippen molar-refractivity contribution in [3.05, 3.63) is 52.3 Å². The molecule has 2 aromatic rings. The first-order chi connectivity index (χ1) is 8.97. The first-order valence-electron chi connectivity index (χ1n) is 6.53. The van der Waals surface area contributed by atoms with Gasteiger partial charge in [0.1, 0.15) is 0 Å². The van der Waals surface area contributed by atoms with Crippen molar-refractivity contribution < 1.29 is 0 Å². The van der Waals surface area contributed by atoms with E-state index in [1.54, 1.807) is 0 Å². The lowest BCUT2D eigenvalue weighted by molar-refractivity contribution is 0.522. The van der Waals surface area contributed by atoms with Gasteiger partial charge < -0.3 is 5.73 Å². The second-order valence-electron chi connectivity index (χ2n) is 5.22. The molecule has 1 heterocycles. The Morgan fingerprint density at radius 3 is 2.63 bits per heavy atom. The van der Waals surface area contributed by atoms with Crippen LogP contribution in [0.1, 0.15) is 42.8 Å². The minimum atomic E-state index is -0.122. The third kappa shape index (κ3) is 3.37. The minimum absolute atomic E-state index is 0.122. The van der Waals surface area contributed by atoms with Gasteiger partial charge in [0, 0.05) is 29.7 Å². The maximum atomic E-state index is 6.24. The van der Waals surface area contributed by atoms with Gasteiger partial charge in [0.25, 0.3) is 0 Å². The largest absolute Gasteiger partial charge is 0.324 e. The summed E-state index contributed by atoms with van der Waals surface area (Å²) in [4.78, 5) is 0. The van der Waals surface area contributed by atoms with Gasteiger partial charge in [-0.25, -0.2) is 0 Å². The molecule has 3 nitrogen and oxygen atoms in total. The maximum Gasteiger partial charge on any atom is 0.0643 e. The highest BCUT2D eigenvalue weighted by Crippen LogP contribution is 2.25. The standard InChI is InChI=1S/C15H20ClN3/c1-10(2)19-7-6-12(18-19)9-15(17)13-5-4-11(3)8-14(13)16/h4-8,10,15H,9,17H2,1-3H3. The monoisotopic (exact) mass is 277 g/mol. The number of halogens is 1. The number of hydrogen-bond donors (Lipinski definition) is 1. The third-order valence-corrected chi connectivity index (χ3v) is 3.50. The molecule has 4 heteroatoms. The Hall–Kier alpha value is -1.32. The van der Waals surface area contributed by atoms with Crippen molar-refractivity contribution in [1.82, 2.24) is 9.78 Å². The lowest BCUT2D eigenvalue weighted by Crippen LogP contribution is -2.14. The summed E-state index contributed by atoms with van der Waals surface area (Å²) in [7, 11) is 0. The molecule has 2 N–H and O–H groups in total. The summed E-state index contributed by atoms with van der Waals surface area (Å²) in [6.07, 6.45) is 2.69. The lowest BCUT2D eigenvalue weighted by Gasteiger charge is -2.13. The van der Waals surface area contributed by atoms with Crippen molar-refractivity contribution in [2.45, 2.75) is 39.3 Å². The van der Waals surface area contributed by atoms with E-state index in [1.807, 2.05) is 42.1 Å². The van der Waals surface area contributed by atoms with E-state index in [0.717, 1.165) is 21.8 Å². The van der Waals surface area contributed by atoms with Crippen molar-refractivity contribution in [2.75, 3.05) is 0 Å². The van der Waals surface area contributed by atoms with Crippen LogP contribution in [0.25, 0.3) is 0 Å². The molecule has 0 aliphatic carbocycles. The molecular weight excluding hydrogens is 258 g/mol. The number of aromatic nitrogens is 2. The quantitative estimate of drug-likeness (QED) is 0.927. The molecular formula is C15H20ClN3. The van der Waals surface area contributed by atoms with E-state index in [0.29, 0.717) is 12.5 Å². The molecule has 102 valence electrons. The summed E-state index contributed by atoms with van der Waals surface area (Å²) >= 11 is 6.24. The van der Waals surface area contributed by atoms with Gasteiger partial charge in [0.2, 0.25) is 0 Å². The maximum absolute atomic E-state index is 6.24. The van der Waals surface area contributed by atoms with Gasteiger partial charge in [-0.05, 0) is 44.0 Å². The molecule has 0 spiro atoms. The molecule has 0 saturated heterocycles.